The fourth-order valence-electron chi connectivity index (χ4n) is 3.12. The summed E-state index contributed by atoms with van der Waals surface area (Å²) in [5.74, 6) is 1.89. The number of anilines is 2. The van der Waals surface area contributed by atoms with E-state index >= 15 is 0 Å². The van der Waals surface area contributed by atoms with Crippen LogP contribution in [-0.4, -0.2) is 23.2 Å². The molecule has 23 heavy (non-hydrogen) atoms. The number of carbonyl (C=O) groups excluding carboxylic acids is 1. The Morgan fingerprint density at radius 3 is 3.00 bits per heavy atom. The molecule has 0 amide bonds. The van der Waals surface area contributed by atoms with Crippen molar-refractivity contribution >= 4 is 17.4 Å². The van der Waals surface area contributed by atoms with Crippen LogP contribution in [-0.2, 0) is 4.79 Å². The van der Waals surface area contributed by atoms with Gasteiger partial charge in [-0.25, -0.2) is 4.63 Å². The van der Waals surface area contributed by atoms with Crippen molar-refractivity contribution in [3.63, 3.8) is 0 Å². The topological polar surface area (TPSA) is 89.3 Å². The van der Waals surface area contributed by atoms with Crippen LogP contribution in [0.3, 0.4) is 0 Å². The van der Waals surface area contributed by atoms with Gasteiger partial charge in [0.15, 0.2) is 5.78 Å². The van der Waals surface area contributed by atoms with Crippen LogP contribution in [0.2, 0.25) is 0 Å². The number of hydrogen-bond donors (Lipinski definition) is 2. The molecule has 0 saturated heterocycles. The van der Waals surface area contributed by atoms with E-state index < -0.39 is 0 Å². The van der Waals surface area contributed by atoms with Crippen LogP contribution in [0.4, 0.5) is 11.6 Å². The van der Waals surface area contributed by atoms with Crippen LogP contribution < -0.4 is 15.4 Å². The van der Waals surface area contributed by atoms with E-state index in [-0.39, 0.29) is 11.8 Å². The van der Waals surface area contributed by atoms with Gasteiger partial charge in [0.05, 0.1) is 13.2 Å². The predicted molar refractivity (Wildman–Crippen MR) is 83.2 cm³/mol. The van der Waals surface area contributed by atoms with E-state index in [0.29, 0.717) is 18.1 Å². The highest BCUT2D eigenvalue weighted by Gasteiger charge is 2.33. The number of hydrogen-bond acceptors (Lipinski definition) is 7. The third-order valence-corrected chi connectivity index (χ3v) is 4.21. The summed E-state index contributed by atoms with van der Waals surface area (Å²) >= 11 is 0. The molecule has 1 aromatic carbocycles. The zero-order valence-corrected chi connectivity index (χ0v) is 12.6. The Kier molecular flexibility index (Phi) is 3.25. The van der Waals surface area contributed by atoms with Gasteiger partial charge in [0.1, 0.15) is 5.75 Å². The first-order valence-electron chi connectivity index (χ1n) is 7.52. The highest BCUT2D eigenvalue weighted by atomic mass is 16.6. The number of methoxy groups -OCH3 is 1. The van der Waals surface area contributed by atoms with Gasteiger partial charge in [-0.05, 0) is 40.9 Å². The van der Waals surface area contributed by atoms with Crippen molar-refractivity contribution in [3.05, 3.63) is 41.1 Å². The number of aromatic nitrogens is 2. The molecule has 0 radical (unpaired) electrons. The standard InChI is InChI=1S/C16H16N4O3/c1-22-10-5-2-4-9(8-10)14-13-11(6-3-7-12(13)21)17-15-16(18-14)20-23-19-15/h2,4-5,8,14H,3,6-7H2,1H3,(H,17,19)(H,18,20). The van der Waals surface area contributed by atoms with E-state index in [2.05, 4.69) is 20.9 Å². The van der Waals surface area contributed by atoms with E-state index in [1.54, 1.807) is 7.11 Å². The second-order valence-electron chi connectivity index (χ2n) is 5.61. The molecule has 7 nitrogen and oxygen atoms in total. The predicted octanol–water partition coefficient (Wildman–Crippen LogP) is 2.66. The minimum absolute atomic E-state index is 0.140. The van der Waals surface area contributed by atoms with Gasteiger partial charge < -0.3 is 15.4 Å². The molecule has 0 spiro atoms. The number of fused-ring (bicyclic) bond motifs is 1. The highest BCUT2D eigenvalue weighted by Crippen LogP contribution is 2.39. The van der Waals surface area contributed by atoms with Crippen molar-refractivity contribution < 1.29 is 14.2 Å². The number of allylic oxidation sites excluding steroid dienone is 1. The summed E-state index contributed by atoms with van der Waals surface area (Å²) in [6.45, 7) is 0. The molecule has 0 bridgehead atoms. The van der Waals surface area contributed by atoms with Crippen LogP contribution in [0, 0.1) is 0 Å². The Hall–Kier alpha value is -2.83. The fraction of sp³-hybridized carbons (Fsp3) is 0.312. The molecule has 2 aliphatic rings. The van der Waals surface area contributed by atoms with Crippen molar-refractivity contribution in [2.75, 3.05) is 17.7 Å². The lowest BCUT2D eigenvalue weighted by molar-refractivity contribution is -0.116. The molecule has 0 saturated carbocycles. The average Bonchev–Trinajstić information content (AvgIpc) is 2.94. The van der Waals surface area contributed by atoms with Gasteiger partial charge in [-0.15, -0.1) is 0 Å². The maximum atomic E-state index is 12.6. The molecule has 2 N–H and O–H groups in total. The molecule has 1 atom stereocenters. The van der Waals surface area contributed by atoms with E-state index in [1.165, 1.54) is 0 Å². The number of ether oxygens (including phenoxy) is 1. The molecule has 0 fully saturated rings. The van der Waals surface area contributed by atoms with Crippen molar-refractivity contribution in [2.45, 2.75) is 25.3 Å². The van der Waals surface area contributed by atoms with Gasteiger partial charge in [-0.2, -0.15) is 0 Å². The average molecular weight is 312 g/mol. The Labute approximate surface area is 132 Å². The van der Waals surface area contributed by atoms with Crippen molar-refractivity contribution in [2.24, 2.45) is 0 Å². The molecule has 7 heteroatoms. The molecular formula is C16H16N4O3. The van der Waals surface area contributed by atoms with Crippen LogP contribution >= 0.6 is 0 Å². The number of nitrogens with zero attached hydrogens (tertiary/aromatic N) is 2. The first-order chi connectivity index (χ1) is 11.3. The van der Waals surface area contributed by atoms with Crippen LogP contribution in [0.1, 0.15) is 30.9 Å². The lowest BCUT2D eigenvalue weighted by Gasteiger charge is -2.25. The van der Waals surface area contributed by atoms with Gasteiger partial charge in [0.25, 0.3) is 0 Å². The molecule has 1 aliphatic heterocycles. The number of ketones is 1. The summed E-state index contributed by atoms with van der Waals surface area (Å²) in [6, 6.07) is 7.35. The van der Waals surface area contributed by atoms with Gasteiger partial charge in [-0.3, -0.25) is 4.79 Å². The Morgan fingerprint density at radius 2 is 2.13 bits per heavy atom. The molecule has 2 aromatic rings. The molecule has 4 rings (SSSR count). The maximum absolute atomic E-state index is 12.6. The minimum atomic E-state index is -0.312. The van der Waals surface area contributed by atoms with Gasteiger partial charge >= 0.3 is 0 Å². The number of Topliss-reactive ketones (excluding diaryl/α,β-unsaturated/α-hetero) is 1. The van der Waals surface area contributed by atoms with Crippen LogP contribution in [0.25, 0.3) is 0 Å². The monoisotopic (exact) mass is 312 g/mol. The number of carbonyl (C=O) groups is 1. The van der Waals surface area contributed by atoms with E-state index in [1.807, 2.05) is 24.3 Å². The summed E-state index contributed by atoms with van der Waals surface area (Å²) < 4.78 is 10.1. The van der Waals surface area contributed by atoms with Gasteiger partial charge in [-0.1, -0.05) is 12.1 Å². The largest absolute Gasteiger partial charge is 0.497 e. The second kappa shape index (κ2) is 5.42. The van der Waals surface area contributed by atoms with Gasteiger partial charge in [0.2, 0.25) is 11.6 Å². The normalized spacial score (nSPS) is 20.0. The van der Waals surface area contributed by atoms with Crippen molar-refractivity contribution in [3.8, 4) is 5.75 Å². The highest BCUT2D eigenvalue weighted by molar-refractivity contribution is 6.00. The minimum Gasteiger partial charge on any atom is -0.497 e. The zero-order valence-electron chi connectivity index (χ0n) is 12.6. The number of nitrogens with one attached hydrogen (secondary N) is 2. The summed E-state index contributed by atoms with van der Waals surface area (Å²) in [5, 5.41) is 14.2. The van der Waals surface area contributed by atoms with Crippen LogP contribution in [0.15, 0.2) is 40.2 Å². The second-order valence-corrected chi connectivity index (χ2v) is 5.61. The van der Waals surface area contributed by atoms with Crippen LogP contribution in [0.5, 0.6) is 5.75 Å². The molecule has 1 unspecified atom stereocenters. The SMILES string of the molecule is COc1cccc(C2Nc3nonc3NC3=C2C(=O)CCC3)c1. The molecule has 1 aromatic heterocycles. The first kappa shape index (κ1) is 13.8. The zero-order chi connectivity index (χ0) is 15.8. The van der Waals surface area contributed by atoms with Crippen molar-refractivity contribution in [1.82, 2.24) is 10.3 Å². The summed E-state index contributed by atoms with van der Waals surface area (Å²) in [4.78, 5) is 12.6. The quantitative estimate of drug-likeness (QED) is 0.881. The fourth-order valence-corrected chi connectivity index (χ4v) is 3.12. The molecular weight excluding hydrogens is 296 g/mol. The summed E-state index contributed by atoms with van der Waals surface area (Å²) in [7, 11) is 1.62. The molecule has 1 aliphatic carbocycles. The number of benzene rings is 1. The Balaban J connectivity index is 1.85. The Morgan fingerprint density at radius 1 is 1.26 bits per heavy atom. The molecule has 2 heterocycles. The summed E-state index contributed by atoms with van der Waals surface area (Å²) in [5.41, 5.74) is 2.56. The first-order valence-corrected chi connectivity index (χ1v) is 7.52. The van der Waals surface area contributed by atoms with E-state index in [4.69, 9.17) is 9.37 Å². The van der Waals surface area contributed by atoms with Crippen molar-refractivity contribution in [1.29, 1.82) is 0 Å². The third-order valence-electron chi connectivity index (χ3n) is 4.21. The third kappa shape index (κ3) is 2.34. The van der Waals surface area contributed by atoms with E-state index in [0.717, 1.165) is 35.4 Å². The smallest absolute Gasteiger partial charge is 0.219 e. The van der Waals surface area contributed by atoms with E-state index in [9.17, 15) is 4.79 Å². The summed E-state index contributed by atoms with van der Waals surface area (Å²) in [6.07, 6.45) is 2.18. The lowest BCUT2D eigenvalue weighted by Crippen LogP contribution is -2.23. The maximum Gasteiger partial charge on any atom is 0.219 e. The number of rotatable bonds is 2. The Bertz CT molecular complexity index is 796. The lowest BCUT2D eigenvalue weighted by atomic mass is 9.87. The van der Waals surface area contributed by atoms with Gasteiger partial charge in [0, 0.05) is 17.7 Å². The molecule has 118 valence electrons.